The zero-order chi connectivity index (χ0) is 22.0. The summed E-state index contributed by atoms with van der Waals surface area (Å²) in [6, 6.07) is 0. The summed E-state index contributed by atoms with van der Waals surface area (Å²) < 4.78 is 5.11. The van der Waals surface area contributed by atoms with Crippen molar-refractivity contribution in [2.75, 3.05) is 13.2 Å². The highest BCUT2D eigenvalue weighted by Crippen LogP contribution is 2.15. The third-order valence-corrected chi connectivity index (χ3v) is 6.11. The highest BCUT2D eigenvalue weighted by atomic mass is 35.5. The van der Waals surface area contributed by atoms with Crippen LogP contribution < -0.4 is 5.73 Å². The molecule has 0 aliphatic rings. The zero-order valence-electron chi connectivity index (χ0n) is 21.0. The van der Waals surface area contributed by atoms with Crippen LogP contribution in [0.1, 0.15) is 155 Å². The van der Waals surface area contributed by atoms with Crippen LogP contribution in [0, 0.1) is 0 Å². The van der Waals surface area contributed by atoms with E-state index in [1.807, 2.05) is 0 Å². The van der Waals surface area contributed by atoms with Gasteiger partial charge in [0.15, 0.2) is 0 Å². The van der Waals surface area contributed by atoms with Gasteiger partial charge in [0.05, 0.1) is 13.0 Å². The van der Waals surface area contributed by atoms with E-state index in [2.05, 4.69) is 6.92 Å². The molecule has 0 bridgehead atoms. The van der Waals surface area contributed by atoms with Gasteiger partial charge in [-0.25, -0.2) is 0 Å². The van der Waals surface area contributed by atoms with Crippen molar-refractivity contribution in [1.82, 2.24) is 0 Å². The molecule has 0 aromatic heterocycles. The van der Waals surface area contributed by atoms with Gasteiger partial charge in [0.25, 0.3) is 0 Å². The SMILES string of the molecule is CCCCCCCCCCCCCCCCCCCCCCCCOC(=O)CCN.Cl. The Morgan fingerprint density at radius 1 is 0.548 bits per heavy atom. The van der Waals surface area contributed by atoms with Gasteiger partial charge in [-0.2, -0.15) is 0 Å². The molecule has 3 nitrogen and oxygen atoms in total. The Labute approximate surface area is 201 Å². The van der Waals surface area contributed by atoms with Crippen molar-refractivity contribution < 1.29 is 9.53 Å². The minimum Gasteiger partial charge on any atom is -0.466 e. The van der Waals surface area contributed by atoms with E-state index in [1.54, 1.807) is 0 Å². The summed E-state index contributed by atoms with van der Waals surface area (Å²) in [7, 11) is 0. The van der Waals surface area contributed by atoms with Gasteiger partial charge >= 0.3 is 5.97 Å². The normalized spacial score (nSPS) is 10.8. The Balaban J connectivity index is 0. The summed E-state index contributed by atoms with van der Waals surface area (Å²) in [5, 5.41) is 0. The van der Waals surface area contributed by atoms with Gasteiger partial charge in [-0.05, 0) is 6.42 Å². The molecule has 0 aliphatic carbocycles. The molecule has 0 rings (SSSR count). The number of ether oxygens (including phenoxy) is 1. The quantitative estimate of drug-likeness (QED) is 0.109. The maximum Gasteiger partial charge on any atom is 0.307 e. The molecule has 0 amide bonds. The monoisotopic (exact) mass is 461 g/mol. The van der Waals surface area contributed by atoms with Crippen molar-refractivity contribution in [2.45, 2.75) is 155 Å². The lowest BCUT2D eigenvalue weighted by Gasteiger charge is -2.05. The Morgan fingerprint density at radius 2 is 0.839 bits per heavy atom. The van der Waals surface area contributed by atoms with Crippen LogP contribution in [0.25, 0.3) is 0 Å². The molecule has 0 aliphatic heterocycles. The van der Waals surface area contributed by atoms with Crippen molar-refractivity contribution in [1.29, 1.82) is 0 Å². The molecule has 4 heteroatoms. The molecular formula is C27H56ClNO2. The molecule has 2 N–H and O–H groups in total. The van der Waals surface area contributed by atoms with E-state index in [9.17, 15) is 4.79 Å². The predicted molar refractivity (Wildman–Crippen MR) is 139 cm³/mol. The van der Waals surface area contributed by atoms with Gasteiger partial charge in [0.2, 0.25) is 0 Å². The van der Waals surface area contributed by atoms with Crippen molar-refractivity contribution >= 4 is 18.4 Å². The third-order valence-electron chi connectivity index (χ3n) is 6.11. The minimum absolute atomic E-state index is 0. The van der Waals surface area contributed by atoms with E-state index >= 15 is 0 Å². The van der Waals surface area contributed by atoms with Crippen molar-refractivity contribution in [3.8, 4) is 0 Å². The van der Waals surface area contributed by atoms with Crippen LogP contribution in [0.5, 0.6) is 0 Å². The molecular weight excluding hydrogens is 406 g/mol. The molecule has 0 unspecified atom stereocenters. The van der Waals surface area contributed by atoms with Crippen molar-refractivity contribution in [2.24, 2.45) is 5.73 Å². The smallest absolute Gasteiger partial charge is 0.307 e. The Morgan fingerprint density at radius 3 is 1.13 bits per heavy atom. The second-order valence-electron chi connectivity index (χ2n) is 9.18. The van der Waals surface area contributed by atoms with Crippen LogP contribution in [0.2, 0.25) is 0 Å². The number of carbonyl (C=O) groups excluding carboxylic acids is 1. The van der Waals surface area contributed by atoms with Gasteiger partial charge in [0, 0.05) is 6.54 Å². The van der Waals surface area contributed by atoms with E-state index in [0.717, 1.165) is 6.42 Å². The van der Waals surface area contributed by atoms with E-state index < -0.39 is 0 Å². The largest absolute Gasteiger partial charge is 0.466 e. The highest BCUT2D eigenvalue weighted by molar-refractivity contribution is 5.85. The second-order valence-corrected chi connectivity index (χ2v) is 9.18. The molecule has 0 saturated heterocycles. The topological polar surface area (TPSA) is 52.3 Å². The average molecular weight is 462 g/mol. The lowest BCUT2D eigenvalue weighted by atomic mass is 10.0. The first-order valence-electron chi connectivity index (χ1n) is 13.7. The van der Waals surface area contributed by atoms with Crippen LogP contribution in [-0.4, -0.2) is 19.1 Å². The first kappa shape index (κ1) is 32.9. The fourth-order valence-electron chi connectivity index (χ4n) is 4.09. The lowest BCUT2D eigenvalue weighted by molar-refractivity contribution is -0.143. The molecule has 0 saturated carbocycles. The average Bonchev–Trinajstić information content (AvgIpc) is 2.74. The number of nitrogens with two attached hydrogens (primary N) is 1. The van der Waals surface area contributed by atoms with E-state index in [0.29, 0.717) is 19.6 Å². The standard InChI is InChI=1S/C27H55NO2.ClH/c1-2-3-4-5-6-7-8-9-10-11-12-13-14-15-16-17-18-19-20-21-22-23-26-30-27(29)24-25-28;/h2-26,28H2,1H3;1H. The number of hydrogen-bond donors (Lipinski definition) is 1. The van der Waals surface area contributed by atoms with Gasteiger partial charge in [-0.3, -0.25) is 4.79 Å². The van der Waals surface area contributed by atoms with E-state index in [4.69, 9.17) is 10.5 Å². The summed E-state index contributed by atoms with van der Waals surface area (Å²) in [5.41, 5.74) is 5.32. The number of hydrogen-bond acceptors (Lipinski definition) is 3. The molecule has 0 aromatic rings. The van der Waals surface area contributed by atoms with Crippen molar-refractivity contribution in [3.05, 3.63) is 0 Å². The lowest BCUT2D eigenvalue weighted by Crippen LogP contribution is -2.11. The molecule has 0 radical (unpaired) electrons. The molecule has 188 valence electrons. The van der Waals surface area contributed by atoms with Gasteiger partial charge in [-0.15, -0.1) is 12.4 Å². The first-order chi connectivity index (χ1) is 14.8. The van der Waals surface area contributed by atoms with Crippen LogP contribution in [0.15, 0.2) is 0 Å². The summed E-state index contributed by atoms with van der Waals surface area (Å²) in [5.74, 6) is -0.152. The zero-order valence-corrected chi connectivity index (χ0v) is 21.8. The first-order valence-corrected chi connectivity index (χ1v) is 13.7. The number of carbonyl (C=O) groups is 1. The summed E-state index contributed by atoms with van der Waals surface area (Å²) >= 11 is 0. The maximum atomic E-state index is 11.2. The highest BCUT2D eigenvalue weighted by Gasteiger charge is 2.00. The Bertz CT molecular complexity index is 339. The summed E-state index contributed by atoms with van der Waals surface area (Å²) in [6.45, 7) is 3.25. The Hall–Kier alpha value is -0.280. The second kappa shape index (κ2) is 29.7. The molecule has 0 heterocycles. The number of halogens is 1. The minimum atomic E-state index is -0.152. The van der Waals surface area contributed by atoms with E-state index in [1.165, 1.54) is 135 Å². The van der Waals surface area contributed by atoms with Crippen LogP contribution >= 0.6 is 12.4 Å². The Kier molecular flexibility index (Phi) is 31.5. The van der Waals surface area contributed by atoms with Crippen LogP contribution in [0.4, 0.5) is 0 Å². The third kappa shape index (κ3) is 29.7. The predicted octanol–water partition coefficient (Wildman–Crippen LogP) is 8.90. The maximum absolute atomic E-state index is 11.2. The molecule has 0 spiro atoms. The fraction of sp³-hybridized carbons (Fsp3) is 0.963. The molecule has 0 atom stereocenters. The van der Waals surface area contributed by atoms with Gasteiger partial charge in [0.1, 0.15) is 0 Å². The van der Waals surface area contributed by atoms with Crippen LogP contribution in [-0.2, 0) is 9.53 Å². The number of unbranched alkanes of at least 4 members (excludes halogenated alkanes) is 21. The van der Waals surface area contributed by atoms with Crippen LogP contribution in [0.3, 0.4) is 0 Å². The summed E-state index contributed by atoms with van der Waals surface area (Å²) in [6.07, 6.45) is 31.0. The molecule has 31 heavy (non-hydrogen) atoms. The molecule has 0 fully saturated rings. The molecule has 0 aromatic carbocycles. The number of esters is 1. The van der Waals surface area contributed by atoms with Gasteiger partial charge in [-0.1, -0.05) is 142 Å². The van der Waals surface area contributed by atoms with Crippen molar-refractivity contribution in [3.63, 3.8) is 0 Å². The van der Waals surface area contributed by atoms with E-state index in [-0.39, 0.29) is 18.4 Å². The van der Waals surface area contributed by atoms with Gasteiger partial charge < -0.3 is 10.5 Å². The summed E-state index contributed by atoms with van der Waals surface area (Å²) in [4.78, 5) is 11.2. The number of rotatable bonds is 25. The fourth-order valence-corrected chi connectivity index (χ4v) is 4.09.